The van der Waals surface area contributed by atoms with Crippen molar-refractivity contribution in [2.24, 2.45) is 7.05 Å². The molecule has 0 unspecified atom stereocenters. The van der Waals surface area contributed by atoms with Crippen LogP contribution in [0.5, 0.6) is 0 Å². The lowest BCUT2D eigenvalue weighted by Crippen LogP contribution is -2.23. The summed E-state index contributed by atoms with van der Waals surface area (Å²) in [6.45, 7) is 6.36. The van der Waals surface area contributed by atoms with Crippen molar-refractivity contribution in [1.82, 2.24) is 9.88 Å². The number of hydrogen-bond donors (Lipinski definition) is 1. The first-order chi connectivity index (χ1) is 12.3. The molecule has 0 aliphatic rings. The number of carbonyl (C=O) groups excluding carboxylic acids is 2. The number of aromatic nitrogens is 1. The second-order valence-corrected chi connectivity index (χ2v) is 6.65. The predicted octanol–water partition coefficient (Wildman–Crippen LogP) is 3.72. The van der Waals surface area contributed by atoms with Crippen molar-refractivity contribution in [3.63, 3.8) is 0 Å². The van der Waals surface area contributed by atoms with Gasteiger partial charge in [0.05, 0.1) is 12.2 Å². The van der Waals surface area contributed by atoms with E-state index >= 15 is 0 Å². The molecule has 0 fully saturated rings. The summed E-state index contributed by atoms with van der Waals surface area (Å²) in [5.74, 6) is -0.351. The molecule has 1 amide bonds. The molecule has 1 heterocycles. The fraction of sp³-hybridized carbons (Fsp3) is 0.400. The van der Waals surface area contributed by atoms with Gasteiger partial charge in [-0.05, 0) is 50.5 Å². The Kier molecular flexibility index (Phi) is 6.86. The van der Waals surface area contributed by atoms with Crippen molar-refractivity contribution in [3.05, 3.63) is 57.4 Å². The second kappa shape index (κ2) is 8.90. The normalized spacial score (nSPS) is 10.7. The number of ether oxygens (including phenoxy) is 1. The minimum absolute atomic E-state index is 0.0408. The zero-order chi connectivity index (χ0) is 19.3. The van der Waals surface area contributed by atoms with Gasteiger partial charge in [0.2, 0.25) is 5.91 Å². The summed E-state index contributed by atoms with van der Waals surface area (Å²) in [5.41, 5.74) is 4.27. The number of nitrogens with one attached hydrogen (secondary N) is 1. The van der Waals surface area contributed by atoms with E-state index in [1.165, 1.54) is 0 Å². The highest BCUT2D eigenvalue weighted by Crippen LogP contribution is 2.23. The molecule has 1 aromatic carbocycles. The summed E-state index contributed by atoms with van der Waals surface area (Å²) in [4.78, 5) is 24.3. The van der Waals surface area contributed by atoms with Crippen LogP contribution in [0.1, 0.15) is 46.2 Å². The molecule has 0 saturated carbocycles. The zero-order valence-electron chi connectivity index (χ0n) is 15.7. The fourth-order valence-corrected chi connectivity index (χ4v) is 3.28. The number of nitrogens with zero attached hydrogens (tertiary/aromatic N) is 1. The fourth-order valence-electron chi connectivity index (χ4n) is 3.06. The Morgan fingerprint density at radius 2 is 2.00 bits per heavy atom. The van der Waals surface area contributed by atoms with E-state index in [2.05, 4.69) is 5.32 Å². The van der Waals surface area contributed by atoms with Crippen LogP contribution in [0.25, 0.3) is 0 Å². The Morgan fingerprint density at radius 1 is 1.27 bits per heavy atom. The van der Waals surface area contributed by atoms with Gasteiger partial charge in [0.25, 0.3) is 0 Å². The lowest BCUT2D eigenvalue weighted by molar-refractivity contribution is -0.121. The molecule has 26 heavy (non-hydrogen) atoms. The van der Waals surface area contributed by atoms with Crippen LogP contribution in [0, 0.1) is 13.8 Å². The van der Waals surface area contributed by atoms with Crippen LogP contribution in [0.15, 0.2) is 24.3 Å². The summed E-state index contributed by atoms with van der Waals surface area (Å²) < 4.78 is 7.10. The quantitative estimate of drug-likeness (QED) is 0.749. The van der Waals surface area contributed by atoms with Crippen LogP contribution >= 0.6 is 11.6 Å². The van der Waals surface area contributed by atoms with E-state index in [1.54, 1.807) is 13.0 Å². The van der Waals surface area contributed by atoms with Gasteiger partial charge in [-0.3, -0.25) is 4.79 Å². The monoisotopic (exact) mass is 376 g/mol. The number of benzene rings is 1. The summed E-state index contributed by atoms with van der Waals surface area (Å²) in [7, 11) is 1.91. The van der Waals surface area contributed by atoms with Gasteiger partial charge in [0.1, 0.15) is 0 Å². The molecule has 0 spiro atoms. The van der Waals surface area contributed by atoms with E-state index in [0.717, 1.165) is 22.5 Å². The van der Waals surface area contributed by atoms with Gasteiger partial charge in [0.15, 0.2) is 0 Å². The Balaban J connectivity index is 1.99. The lowest BCUT2D eigenvalue weighted by atomic mass is 10.1. The van der Waals surface area contributed by atoms with Crippen molar-refractivity contribution in [2.75, 3.05) is 6.61 Å². The number of esters is 1. The van der Waals surface area contributed by atoms with E-state index in [9.17, 15) is 9.59 Å². The van der Waals surface area contributed by atoms with Crippen LogP contribution < -0.4 is 5.32 Å². The molecule has 0 saturated heterocycles. The van der Waals surface area contributed by atoms with E-state index in [0.29, 0.717) is 36.6 Å². The number of rotatable bonds is 7. The first kappa shape index (κ1) is 20.0. The first-order valence-electron chi connectivity index (χ1n) is 8.68. The number of halogens is 1. The van der Waals surface area contributed by atoms with Gasteiger partial charge < -0.3 is 14.6 Å². The van der Waals surface area contributed by atoms with Gasteiger partial charge in [-0.25, -0.2) is 4.79 Å². The molecular formula is C20H25ClN2O3. The third-order valence-electron chi connectivity index (χ3n) is 4.52. The van der Waals surface area contributed by atoms with E-state index in [-0.39, 0.29) is 11.9 Å². The number of carbonyl (C=O) groups is 2. The molecule has 5 nitrogen and oxygen atoms in total. The maximum absolute atomic E-state index is 12.2. The summed E-state index contributed by atoms with van der Waals surface area (Å²) >= 11 is 5.95. The van der Waals surface area contributed by atoms with Crippen LogP contribution in [0.4, 0.5) is 0 Å². The van der Waals surface area contributed by atoms with Gasteiger partial charge in [-0.15, -0.1) is 0 Å². The molecule has 6 heteroatoms. The average molecular weight is 377 g/mol. The summed E-state index contributed by atoms with van der Waals surface area (Å²) in [6, 6.07) is 7.41. The van der Waals surface area contributed by atoms with Crippen molar-refractivity contribution in [1.29, 1.82) is 0 Å². The maximum Gasteiger partial charge on any atom is 0.340 e. The highest BCUT2D eigenvalue weighted by molar-refractivity contribution is 6.30. The molecule has 1 N–H and O–H groups in total. The largest absolute Gasteiger partial charge is 0.462 e. The van der Waals surface area contributed by atoms with E-state index in [1.807, 2.05) is 43.7 Å². The zero-order valence-corrected chi connectivity index (χ0v) is 16.4. The second-order valence-electron chi connectivity index (χ2n) is 6.22. The van der Waals surface area contributed by atoms with Crippen molar-refractivity contribution in [3.8, 4) is 0 Å². The Labute approximate surface area is 159 Å². The number of hydrogen-bond acceptors (Lipinski definition) is 3. The molecule has 0 aliphatic carbocycles. The van der Waals surface area contributed by atoms with Crippen LogP contribution in [0.3, 0.4) is 0 Å². The van der Waals surface area contributed by atoms with Gasteiger partial charge in [-0.1, -0.05) is 23.7 Å². The Hall–Kier alpha value is -2.27. The molecule has 0 bridgehead atoms. The van der Waals surface area contributed by atoms with Gasteiger partial charge in [0, 0.05) is 36.4 Å². The van der Waals surface area contributed by atoms with Crippen LogP contribution in [-0.4, -0.2) is 23.1 Å². The number of amides is 1. The molecule has 2 rings (SSSR count). The van der Waals surface area contributed by atoms with E-state index in [4.69, 9.17) is 16.3 Å². The highest BCUT2D eigenvalue weighted by atomic mass is 35.5. The van der Waals surface area contributed by atoms with Crippen molar-refractivity contribution < 1.29 is 14.3 Å². The molecule has 140 valence electrons. The average Bonchev–Trinajstić information content (AvgIpc) is 2.81. The topological polar surface area (TPSA) is 60.3 Å². The summed E-state index contributed by atoms with van der Waals surface area (Å²) in [6.07, 6.45) is 0.908. The molecule has 2 aromatic rings. The highest BCUT2D eigenvalue weighted by Gasteiger charge is 2.22. The molecule has 0 radical (unpaired) electrons. The SMILES string of the molecule is CCOC(=O)c1c(C)c(CCC(=O)NCc2cccc(Cl)c2)n(C)c1C. The molecule has 0 aliphatic heterocycles. The van der Waals surface area contributed by atoms with Gasteiger partial charge in [-0.2, -0.15) is 0 Å². The van der Waals surface area contributed by atoms with Crippen LogP contribution in [0.2, 0.25) is 5.02 Å². The predicted molar refractivity (Wildman–Crippen MR) is 102 cm³/mol. The minimum Gasteiger partial charge on any atom is -0.462 e. The van der Waals surface area contributed by atoms with Crippen molar-refractivity contribution in [2.45, 2.75) is 40.2 Å². The summed E-state index contributed by atoms with van der Waals surface area (Å²) in [5, 5.41) is 3.55. The standard InChI is InChI=1S/C20H25ClN2O3/c1-5-26-20(25)19-13(2)17(23(4)14(19)3)9-10-18(24)22-12-15-7-6-8-16(21)11-15/h6-8,11H,5,9-10,12H2,1-4H3,(H,22,24). The molecule has 0 atom stereocenters. The lowest BCUT2D eigenvalue weighted by Gasteiger charge is -2.08. The molecular weight excluding hydrogens is 352 g/mol. The van der Waals surface area contributed by atoms with E-state index < -0.39 is 0 Å². The Morgan fingerprint density at radius 3 is 2.65 bits per heavy atom. The van der Waals surface area contributed by atoms with Crippen LogP contribution in [-0.2, 0) is 29.5 Å². The smallest absolute Gasteiger partial charge is 0.340 e. The maximum atomic E-state index is 12.2. The minimum atomic E-state index is -0.310. The first-order valence-corrected chi connectivity index (χ1v) is 9.06. The molecule has 1 aromatic heterocycles. The third kappa shape index (κ3) is 4.67. The van der Waals surface area contributed by atoms with Crippen molar-refractivity contribution >= 4 is 23.5 Å². The van der Waals surface area contributed by atoms with Gasteiger partial charge >= 0.3 is 5.97 Å². The Bertz CT molecular complexity index is 812. The third-order valence-corrected chi connectivity index (χ3v) is 4.76.